The Morgan fingerprint density at radius 2 is 1.07 bits per heavy atom. The second-order valence-corrected chi connectivity index (χ2v) is 15.2. The lowest BCUT2D eigenvalue weighted by Crippen LogP contribution is -2.61. The number of carbonyl (C=O) groups is 1. The fraction of sp³-hybridized carbons (Fsp3) is 0.927. The van der Waals surface area contributed by atoms with E-state index in [0.717, 1.165) is 51.4 Å². The van der Waals surface area contributed by atoms with E-state index in [1.165, 1.54) is 64.2 Å². The highest BCUT2D eigenvalue weighted by Gasteiger charge is 2.47. The molecule has 0 aromatic heterocycles. The highest BCUT2D eigenvalue weighted by atomic mass is 16.7. The average Bonchev–Trinajstić information content (AvgIpc) is 3.18. The van der Waals surface area contributed by atoms with E-state index in [1.54, 1.807) is 0 Å². The number of hydrogen-bond acceptors (Lipinski definition) is 14. The van der Waals surface area contributed by atoms with Gasteiger partial charge in [-0.3, -0.25) is 4.79 Å². The maximum atomic E-state index is 12.7. The number of carbonyl (C=O) groups excluding carboxylic acids is 1. The van der Waals surface area contributed by atoms with Crippen LogP contribution in [0.25, 0.3) is 0 Å². The van der Waals surface area contributed by atoms with Crippen molar-refractivity contribution < 1.29 is 69.0 Å². The normalized spacial score (nSPS) is 29.2. The predicted molar refractivity (Wildman–Crippen MR) is 206 cm³/mol. The Morgan fingerprint density at radius 1 is 0.582 bits per heavy atom. The molecule has 0 aliphatic carbocycles. The summed E-state index contributed by atoms with van der Waals surface area (Å²) in [4.78, 5) is 12.7. The second kappa shape index (κ2) is 30.8. The van der Waals surface area contributed by atoms with Gasteiger partial charge in [0.05, 0.1) is 26.4 Å². The average molecular weight is 793 g/mol. The number of aliphatic hydroxyl groups is 7. The third kappa shape index (κ3) is 20.3. The number of rotatable bonds is 32. The third-order valence-electron chi connectivity index (χ3n) is 10.3. The van der Waals surface area contributed by atoms with Crippen LogP contribution in [-0.2, 0) is 33.2 Å². The molecule has 11 unspecified atom stereocenters. The summed E-state index contributed by atoms with van der Waals surface area (Å²) >= 11 is 0. The predicted octanol–water partition coefficient (Wildman–Crippen LogP) is 3.95. The van der Waals surface area contributed by atoms with Crippen molar-refractivity contribution in [2.75, 3.05) is 33.0 Å². The molecular formula is C41H76O14. The first kappa shape index (κ1) is 49.9. The van der Waals surface area contributed by atoms with Crippen molar-refractivity contribution in [2.45, 2.75) is 210 Å². The zero-order chi connectivity index (χ0) is 40.3. The van der Waals surface area contributed by atoms with Gasteiger partial charge in [0.15, 0.2) is 12.6 Å². The summed E-state index contributed by atoms with van der Waals surface area (Å²) in [5, 5.41) is 71.6. The fourth-order valence-electron chi connectivity index (χ4n) is 6.69. The van der Waals surface area contributed by atoms with Crippen LogP contribution in [0.3, 0.4) is 0 Å². The molecule has 2 saturated heterocycles. The van der Waals surface area contributed by atoms with Gasteiger partial charge in [-0.2, -0.15) is 0 Å². The van der Waals surface area contributed by atoms with Gasteiger partial charge >= 0.3 is 5.97 Å². The lowest BCUT2D eigenvalue weighted by atomic mass is 9.98. The Hall–Kier alpha value is -1.27. The molecule has 2 aliphatic heterocycles. The van der Waals surface area contributed by atoms with Crippen molar-refractivity contribution in [3.05, 3.63) is 12.2 Å². The largest absolute Gasteiger partial charge is 0.457 e. The monoisotopic (exact) mass is 793 g/mol. The molecule has 0 saturated carbocycles. The molecule has 7 N–H and O–H groups in total. The van der Waals surface area contributed by atoms with Crippen LogP contribution in [0.5, 0.6) is 0 Å². The molecule has 324 valence electrons. The van der Waals surface area contributed by atoms with Gasteiger partial charge in [-0.05, 0) is 38.5 Å². The van der Waals surface area contributed by atoms with Crippen LogP contribution in [0, 0.1) is 0 Å². The molecule has 2 heterocycles. The molecule has 14 nitrogen and oxygen atoms in total. The van der Waals surface area contributed by atoms with Gasteiger partial charge in [0.1, 0.15) is 54.9 Å². The molecule has 0 radical (unpaired) electrons. The molecule has 55 heavy (non-hydrogen) atoms. The van der Waals surface area contributed by atoms with E-state index in [4.69, 9.17) is 28.4 Å². The van der Waals surface area contributed by atoms with Crippen molar-refractivity contribution in [3.8, 4) is 0 Å². The van der Waals surface area contributed by atoms with Crippen LogP contribution >= 0.6 is 0 Å². The van der Waals surface area contributed by atoms with Crippen molar-refractivity contribution in [1.82, 2.24) is 0 Å². The quantitative estimate of drug-likeness (QED) is 0.0292. The van der Waals surface area contributed by atoms with Gasteiger partial charge in [-0.1, -0.05) is 109 Å². The van der Waals surface area contributed by atoms with Crippen molar-refractivity contribution >= 4 is 5.97 Å². The highest BCUT2D eigenvalue weighted by Crippen LogP contribution is 2.26. The number of unbranched alkanes of at least 4 members (excludes halogenated alkanes) is 16. The number of allylic oxidation sites excluding steroid dienone is 2. The maximum absolute atomic E-state index is 12.7. The Bertz CT molecular complexity index is 969. The Morgan fingerprint density at radius 3 is 1.65 bits per heavy atom. The van der Waals surface area contributed by atoms with Gasteiger partial charge in [0.2, 0.25) is 0 Å². The van der Waals surface area contributed by atoms with E-state index in [1.807, 2.05) is 0 Å². The molecule has 0 aromatic rings. The van der Waals surface area contributed by atoms with E-state index in [2.05, 4.69) is 26.0 Å². The summed E-state index contributed by atoms with van der Waals surface area (Å²) in [5.74, 6) is -0.388. The number of aliphatic hydroxyl groups excluding tert-OH is 7. The fourth-order valence-corrected chi connectivity index (χ4v) is 6.69. The zero-order valence-electron chi connectivity index (χ0n) is 33.7. The summed E-state index contributed by atoms with van der Waals surface area (Å²) in [7, 11) is 0. The third-order valence-corrected chi connectivity index (χ3v) is 10.3. The summed E-state index contributed by atoms with van der Waals surface area (Å²) in [6, 6.07) is 0. The van der Waals surface area contributed by atoms with Crippen LogP contribution < -0.4 is 0 Å². The molecule has 0 amide bonds. The van der Waals surface area contributed by atoms with E-state index < -0.39 is 80.7 Å². The van der Waals surface area contributed by atoms with Gasteiger partial charge in [-0.25, -0.2) is 0 Å². The zero-order valence-corrected chi connectivity index (χ0v) is 33.7. The minimum atomic E-state index is -1.70. The summed E-state index contributed by atoms with van der Waals surface area (Å²) in [6.07, 6.45) is 10.4. The van der Waals surface area contributed by atoms with Crippen molar-refractivity contribution in [3.63, 3.8) is 0 Å². The molecular weight excluding hydrogens is 716 g/mol. The Labute approximate surface area is 329 Å². The lowest BCUT2D eigenvalue weighted by molar-refractivity contribution is -0.332. The van der Waals surface area contributed by atoms with E-state index in [0.29, 0.717) is 13.0 Å². The smallest absolute Gasteiger partial charge is 0.306 e. The summed E-state index contributed by atoms with van der Waals surface area (Å²) in [6.45, 7) is 3.58. The number of ether oxygens (including phenoxy) is 6. The molecule has 0 spiro atoms. The van der Waals surface area contributed by atoms with Crippen LogP contribution in [0.1, 0.15) is 142 Å². The molecule has 2 rings (SSSR count). The van der Waals surface area contributed by atoms with Crippen molar-refractivity contribution in [2.24, 2.45) is 0 Å². The maximum Gasteiger partial charge on any atom is 0.306 e. The first-order chi connectivity index (χ1) is 26.6. The van der Waals surface area contributed by atoms with E-state index in [-0.39, 0.29) is 25.6 Å². The lowest BCUT2D eigenvalue weighted by Gasteiger charge is -2.42. The van der Waals surface area contributed by atoms with Crippen LogP contribution in [-0.4, -0.2) is 142 Å². The van der Waals surface area contributed by atoms with E-state index in [9.17, 15) is 40.5 Å². The van der Waals surface area contributed by atoms with Crippen LogP contribution in [0.15, 0.2) is 12.2 Å². The van der Waals surface area contributed by atoms with Gasteiger partial charge in [-0.15, -0.1) is 0 Å². The minimum absolute atomic E-state index is 0.0603. The summed E-state index contributed by atoms with van der Waals surface area (Å²) < 4.78 is 33.9. The van der Waals surface area contributed by atoms with E-state index >= 15 is 0 Å². The van der Waals surface area contributed by atoms with Gasteiger partial charge in [0.25, 0.3) is 0 Å². The standard InChI is InChI=1S/C41H76O14/c1-3-5-7-9-11-12-13-14-15-16-17-18-19-21-23-25-50-27-30(53-33(43)24-22-20-10-8-6-4-2)28-51-40-39(49)37(47)35(45)32(55-40)29-52-41-38(48)36(46)34(44)31(26-42)54-41/h13-14,30-32,34-42,44-49H,3-12,15-29H2,1-2H3/b14-13-. The van der Waals surface area contributed by atoms with Crippen molar-refractivity contribution in [1.29, 1.82) is 0 Å². The first-order valence-electron chi connectivity index (χ1n) is 21.3. The molecule has 14 heteroatoms. The molecule has 0 aromatic carbocycles. The minimum Gasteiger partial charge on any atom is -0.457 e. The summed E-state index contributed by atoms with van der Waals surface area (Å²) in [5.41, 5.74) is 0. The van der Waals surface area contributed by atoms with Gasteiger partial charge < -0.3 is 64.2 Å². The van der Waals surface area contributed by atoms with Crippen LogP contribution in [0.4, 0.5) is 0 Å². The highest BCUT2D eigenvalue weighted by molar-refractivity contribution is 5.69. The Balaban J connectivity index is 1.79. The Kier molecular flexibility index (Phi) is 27.9. The molecule has 0 bridgehead atoms. The molecule has 2 fully saturated rings. The molecule has 11 atom stereocenters. The van der Waals surface area contributed by atoms with Gasteiger partial charge in [0, 0.05) is 13.0 Å². The second-order valence-electron chi connectivity index (χ2n) is 15.2. The topological polar surface area (TPSA) is 214 Å². The first-order valence-corrected chi connectivity index (χ1v) is 21.3. The molecule has 2 aliphatic rings. The number of esters is 1. The van der Waals surface area contributed by atoms with Crippen LogP contribution in [0.2, 0.25) is 0 Å². The SMILES string of the molecule is CCCCCCC/C=C\CCCCCCCCOCC(COC1OC(COC2OC(CO)C(O)C(O)C2O)C(O)C(O)C1O)OC(=O)CCCCCCCC. The number of hydrogen-bond donors (Lipinski definition) is 7.